The molecule has 0 spiro atoms. The summed E-state index contributed by atoms with van der Waals surface area (Å²) in [5.41, 5.74) is 0.000772. The summed E-state index contributed by atoms with van der Waals surface area (Å²) >= 11 is 0. The molecular weight excluding hydrogens is 253 g/mol. The predicted molar refractivity (Wildman–Crippen MR) is 49.4 cm³/mol. The Labute approximate surface area is 131 Å². The molecule has 1 rings (SSSR count). The molecule has 8 heteroatoms. The first-order chi connectivity index (χ1) is 6.40. The van der Waals surface area contributed by atoms with Crippen LogP contribution in [0.25, 0.3) is 0 Å². The Balaban J connectivity index is 0.00000196. The van der Waals surface area contributed by atoms with Gasteiger partial charge in [-0.25, -0.2) is 4.98 Å². The van der Waals surface area contributed by atoms with Crippen molar-refractivity contribution >= 4 is 17.8 Å². The molecule has 0 aromatic carbocycles. The summed E-state index contributed by atoms with van der Waals surface area (Å²) in [6, 6.07) is 2.71. The number of hydrogen-bond acceptors (Lipinski definition) is 2. The van der Waals surface area contributed by atoms with E-state index in [0.29, 0.717) is 0 Å². The second-order valence-corrected chi connectivity index (χ2v) is 4.13. The van der Waals surface area contributed by atoms with Gasteiger partial charge in [-0.1, -0.05) is 12.4 Å². The molecule has 1 heterocycles. The van der Waals surface area contributed by atoms with E-state index in [9.17, 15) is 17.2 Å². The van der Waals surface area contributed by atoms with Gasteiger partial charge in [0.1, 0.15) is 5.03 Å². The molecule has 0 aliphatic carbocycles. The van der Waals surface area contributed by atoms with E-state index in [-0.39, 0.29) is 62.0 Å². The summed E-state index contributed by atoms with van der Waals surface area (Å²) in [5, 5.41) is 0.0201. The third kappa shape index (κ3) is 5.60. The third-order valence-corrected chi connectivity index (χ3v) is 2.49. The number of halogens is 3. The second kappa shape index (κ2) is 6.51. The topological polar surface area (TPSA) is 30.0 Å². The van der Waals surface area contributed by atoms with Crippen LogP contribution in [-0.4, -0.2) is 22.4 Å². The first-order valence-corrected chi connectivity index (χ1v) is 5.44. The summed E-state index contributed by atoms with van der Waals surface area (Å²) in [6.45, 7) is -4.90. The molecule has 0 radical (unpaired) electrons. The van der Waals surface area contributed by atoms with E-state index in [1.165, 1.54) is 24.6 Å². The number of aromatic nitrogens is 1. The van der Waals surface area contributed by atoms with Gasteiger partial charge in [-0.2, -0.15) is 0 Å². The van der Waals surface area contributed by atoms with E-state index < -0.39 is 24.1 Å². The van der Waals surface area contributed by atoms with Crippen LogP contribution < -0.4 is 51.4 Å². The molecule has 0 N–H and O–H groups in total. The zero-order valence-corrected chi connectivity index (χ0v) is 12.4. The zero-order chi connectivity index (χ0) is 10.8. The van der Waals surface area contributed by atoms with Crippen LogP contribution in [0.5, 0.6) is 0 Å². The molecule has 0 fully saturated rings. The minimum atomic E-state index is -4.90. The minimum Gasteiger partial charge on any atom is -0.449 e. The average Bonchev–Trinajstić information content (AvgIpc) is 2.01. The molecule has 0 aliphatic heterocycles. The van der Waals surface area contributed by atoms with Crippen molar-refractivity contribution in [2.45, 2.75) is 11.3 Å². The average molecular weight is 261 g/mol. The molecule has 15 heavy (non-hydrogen) atoms. The fourth-order valence-electron chi connectivity index (χ4n) is 1.09. The molecule has 1 aromatic heterocycles. The van der Waals surface area contributed by atoms with E-state index in [1.54, 1.807) is 0 Å². The maximum absolute atomic E-state index is 12.1. The summed E-state index contributed by atoms with van der Waals surface area (Å²) in [7, 11) is -1.48. The Morgan fingerprint density at radius 1 is 1.47 bits per heavy atom. The Morgan fingerprint density at radius 2 is 2.07 bits per heavy atom. The largest absolute Gasteiger partial charge is 1.00 e. The van der Waals surface area contributed by atoms with Crippen LogP contribution in [0.15, 0.2) is 23.4 Å². The summed E-state index contributed by atoms with van der Waals surface area (Å²) in [5.74, 6) is 0. The van der Waals surface area contributed by atoms with Crippen molar-refractivity contribution < 1.29 is 68.5 Å². The van der Waals surface area contributed by atoms with Gasteiger partial charge in [0.25, 0.3) is 0 Å². The fourth-order valence-corrected chi connectivity index (χ4v) is 1.82. The van der Waals surface area contributed by atoms with Crippen molar-refractivity contribution in [2.24, 2.45) is 0 Å². The van der Waals surface area contributed by atoms with Gasteiger partial charge in [-0.15, -0.1) is 0 Å². The van der Waals surface area contributed by atoms with Gasteiger partial charge in [0.15, 0.2) is 0 Å². The van der Waals surface area contributed by atoms with Crippen molar-refractivity contribution in [1.29, 1.82) is 0 Å². The Hall–Kier alpha value is 0.791. The van der Waals surface area contributed by atoms with Gasteiger partial charge in [-0.3, -0.25) is 4.21 Å². The van der Waals surface area contributed by atoms with Crippen LogP contribution in [-0.2, 0) is 17.1 Å². The molecule has 1 atom stereocenters. The number of hydrogen-bond donors (Lipinski definition) is 0. The Morgan fingerprint density at radius 3 is 2.53 bits per heavy atom. The monoisotopic (exact) mass is 261 g/mol. The van der Waals surface area contributed by atoms with Crippen LogP contribution in [0.1, 0.15) is 5.56 Å². The number of rotatable bonds is 3. The first kappa shape index (κ1) is 15.8. The Bertz CT molecular complexity index is 360. The molecular formula is C7H8BF3KNOS. The molecule has 0 aliphatic rings. The smallest absolute Gasteiger partial charge is 0.449 e. The van der Waals surface area contributed by atoms with E-state index in [4.69, 9.17) is 0 Å². The third-order valence-electron chi connectivity index (χ3n) is 1.57. The number of pyridine rings is 1. The molecule has 0 bridgehead atoms. The molecule has 1 aromatic rings. The standard InChI is InChI=1S/C7H8BF3NOS.K/c1-14(13)7-6(3-2-4-12-7)5-8(9,10)11;/h2-4H,5H2,1H3;/q-1;+1. The molecule has 0 saturated carbocycles. The summed E-state index contributed by atoms with van der Waals surface area (Å²) in [4.78, 5) is 3.67. The van der Waals surface area contributed by atoms with Crippen molar-refractivity contribution in [3.8, 4) is 0 Å². The van der Waals surface area contributed by atoms with Crippen molar-refractivity contribution in [3.63, 3.8) is 0 Å². The van der Waals surface area contributed by atoms with E-state index in [2.05, 4.69) is 4.98 Å². The number of nitrogens with zero attached hydrogens (tertiary/aromatic N) is 1. The second-order valence-electron chi connectivity index (χ2n) is 2.84. The maximum atomic E-state index is 12.1. The molecule has 0 amide bonds. The van der Waals surface area contributed by atoms with Gasteiger partial charge >= 0.3 is 58.4 Å². The van der Waals surface area contributed by atoms with Crippen LogP contribution in [0.2, 0.25) is 0 Å². The zero-order valence-electron chi connectivity index (χ0n) is 8.41. The van der Waals surface area contributed by atoms with E-state index in [1.807, 2.05) is 0 Å². The van der Waals surface area contributed by atoms with Crippen LogP contribution >= 0.6 is 0 Å². The molecule has 0 saturated heterocycles. The maximum Gasteiger partial charge on any atom is 1.00 e. The van der Waals surface area contributed by atoms with Crippen molar-refractivity contribution in [2.75, 3.05) is 6.26 Å². The van der Waals surface area contributed by atoms with Crippen LogP contribution in [0, 0.1) is 0 Å². The van der Waals surface area contributed by atoms with E-state index >= 15 is 0 Å². The van der Waals surface area contributed by atoms with E-state index in [0.717, 1.165) is 0 Å². The molecule has 1 unspecified atom stereocenters. The first-order valence-electron chi connectivity index (χ1n) is 3.88. The van der Waals surface area contributed by atoms with Crippen molar-refractivity contribution in [3.05, 3.63) is 23.9 Å². The molecule has 78 valence electrons. The Kier molecular flexibility index (Phi) is 6.85. The van der Waals surface area contributed by atoms with Gasteiger partial charge < -0.3 is 12.9 Å². The van der Waals surface area contributed by atoms with Gasteiger partial charge in [0, 0.05) is 12.5 Å². The SMILES string of the molecule is CS(=O)c1ncccc1C[B-](F)(F)F.[K+]. The fraction of sp³-hybridized carbons (Fsp3) is 0.286. The quantitative estimate of drug-likeness (QED) is 0.637. The van der Waals surface area contributed by atoms with Gasteiger partial charge in [0.2, 0.25) is 0 Å². The molecule has 2 nitrogen and oxygen atoms in total. The van der Waals surface area contributed by atoms with Crippen molar-refractivity contribution in [1.82, 2.24) is 4.98 Å². The minimum absolute atomic E-state index is 0. The summed E-state index contributed by atoms with van der Waals surface area (Å²) in [6.07, 6.45) is 1.63. The van der Waals surface area contributed by atoms with Gasteiger partial charge in [0.05, 0.1) is 10.8 Å². The predicted octanol–water partition coefficient (Wildman–Crippen LogP) is -1.25. The van der Waals surface area contributed by atoms with Gasteiger partial charge in [-0.05, 0) is 11.6 Å². The van der Waals surface area contributed by atoms with Crippen LogP contribution in [0.3, 0.4) is 0 Å². The normalized spacial score (nSPS) is 13.1. The summed E-state index contributed by atoms with van der Waals surface area (Å²) < 4.78 is 47.4. The van der Waals surface area contributed by atoms with Crippen LogP contribution in [0.4, 0.5) is 12.9 Å².